The van der Waals surface area contributed by atoms with Crippen molar-refractivity contribution < 1.29 is 19.3 Å². The van der Waals surface area contributed by atoms with E-state index < -0.39 is 0 Å². The van der Waals surface area contributed by atoms with Crippen molar-refractivity contribution in [1.82, 2.24) is 4.90 Å². The molecular formula is C26H31NO4. The fourth-order valence-corrected chi connectivity index (χ4v) is 4.96. The first-order valence-corrected chi connectivity index (χ1v) is 10.6. The predicted octanol–water partition coefficient (Wildman–Crippen LogP) is 5.48. The molecule has 1 aliphatic heterocycles. The molecule has 2 atom stereocenters. The summed E-state index contributed by atoms with van der Waals surface area (Å²) in [5.74, 6) is 2.43. The Morgan fingerprint density at radius 3 is 2.32 bits per heavy atom. The molecule has 5 nitrogen and oxygen atoms in total. The molecule has 0 fully saturated rings. The van der Waals surface area contributed by atoms with Gasteiger partial charge in [-0.1, -0.05) is 6.07 Å². The smallest absolute Gasteiger partial charge is 0.135 e. The minimum atomic E-state index is 0.175. The van der Waals surface area contributed by atoms with E-state index in [0.29, 0.717) is 11.6 Å². The average Bonchev–Trinajstić information content (AvgIpc) is 2.75. The summed E-state index contributed by atoms with van der Waals surface area (Å²) in [6.45, 7) is 6.44. The molecule has 4 rings (SSSR count). The van der Waals surface area contributed by atoms with E-state index >= 15 is 0 Å². The summed E-state index contributed by atoms with van der Waals surface area (Å²) >= 11 is 0. The first kappa shape index (κ1) is 21.3. The molecule has 1 N–H and O–H groups in total. The molecule has 1 heterocycles. The van der Waals surface area contributed by atoms with Crippen molar-refractivity contribution in [1.29, 1.82) is 0 Å². The molecule has 1 aliphatic rings. The van der Waals surface area contributed by atoms with E-state index in [9.17, 15) is 5.11 Å². The first-order chi connectivity index (χ1) is 14.8. The van der Waals surface area contributed by atoms with Gasteiger partial charge in [-0.3, -0.25) is 4.90 Å². The largest absolute Gasteiger partial charge is 0.507 e. The second kappa shape index (κ2) is 7.97. The Morgan fingerprint density at radius 1 is 0.968 bits per heavy atom. The Morgan fingerprint density at radius 2 is 1.68 bits per heavy atom. The van der Waals surface area contributed by atoms with Crippen molar-refractivity contribution in [2.45, 2.75) is 39.3 Å². The van der Waals surface area contributed by atoms with Crippen LogP contribution in [0.3, 0.4) is 0 Å². The molecule has 0 radical (unpaired) electrons. The van der Waals surface area contributed by atoms with Crippen molar-refractivity contribution in [2.24, 2.45) is 0 Å². The molecule has 3 aromatic rings. The van der Waals surface area contributed by atoms with Gasteiger partial charge in [0.1, 0.15) is 23.0 Å². The highest BCUT2D eigenvalue weighted by molar-refractivity contribution is 6.06. The summed E-state index contributed by atoms with van der Waals surface area (Å²) in [5.41, 5.74) is 4.94. The number of hydrogen-bond acceptors (Lipinski definition) is 5. The quantitative estimate of drug-likeness (QED) is 0.604. The molecule has 0 aliphatic carbocycles. The lowest BCUT2D eigenvalue weighted by Gasteiger charge is -2.39. The number of likely N-dealkylation sites (N-methyl/N-ethyl adjacent to an activating group) is 1. The predicted molar refractivity (Wildman–Crippen MR) is 125 cm³/mol. The summed E-state index contributed by atoms with van der Waals surface area (Å²) in [6, 6.07) is 10.5. The third-order valence-electron chi connectivity index (χ3n) is 6.72. The number of hydrogen-bond donors (Lipinski definition) is 1. The van der Waals surface area contributed by atoms with Gasteiger partial charge < -0.3 is 19.3 Å². The van der Waals surface area contributed by atoms with Gasteiger partial charge in [0, 0.05) is 17.6 Å². The summed E-state index contributed by atoms with van der Waals surface area (Å²) in [6.07, 6.45) is 0.872. The van der Waals surface area contributed by atoms with E-state index in [1.54, 1.807) is 21.3 Å². The van der Waals surface area contributed by atoms with Gasteiger partial charge in [-0.2, -0.15) is 0 Å². The van der Waals surface area contributed by atoms with Crippen LogP contribution in [0.25, 0.3) is 21.9 Å². The summed E-state index contributed by atoms with van der Waals surface area (Å²) in [4.78, 5) is 2.35. The summed E-state index contributed by atoms with van der Waals surface area (Å²) < 4.78 is 17.3. The van der Waals surface area contributed by atoms with Crippen molar-refractivity contribution in [3.8, 4) is 34.1 Å². The molecule has 0 aromatic heterocycles. The average molecular weight is 422 g/mol. The zero-order valence-electron chi connectivity index (χ0n) is 19.4. The van der Waals surface area contributed by atoms with E-state index in [1.807, 2.05) is 31.2 Å². The lowest BCUT2D eigenvalue weighted by atomic mass is 9.84. The topological polar surface area (TPSA) is 51.2 Å². The molecular weight excluding hydrogens is 390 g/mol. The number of phenolic OH excluding ortho intramolecular Hbond substituents is 1. The van der Waals surface area contributed by atoms with Crippen LogP contribution in [0.1, 0.15) is 36.6 Å². The summed E-state index contributed by atoms with van der Waals surface area (Å²) in [5, 5.41) is 13.0. The normalized spacial score (nSPS) is 18.7. The van der Waals surface area contributed by atoms with Crippen molar-refractivity contribution in [2.75, 3.05) is 28.4 Å². The molecule has 0 bridgehead atoms. The van der Waals surface area contributed by atoms with Crippen molar-refractivity contribution in [3.63, 3.8) is 0 Å². The highest BCUT2D eigenvalue weighted by Crippen LogP contribution is 2.51. The number of aryl methyl sites for hydroxylation is 1. The van der Waals surface area contributed by atoms with E-state index in [4.69, 9.17) is 14.2 Å². The lowest BCUT2D eigenvalue weighted by molar-refractivity contribution is 0.175. The fraction of sp³-hybridized carbons (Fsp3) is 0.385. The molecule has 3 aromatic carbocycles. The fourth-order valence-electron chi connectivity index (χ4n) is 4.96. The maximum absolute atomic E-state index is 11.2. The Kier molecular flexibility index (Phi) is 5.48. The molecule has 5 heteroatoms. The van der Waals surface area contributed by atoms with Crippen LogP contribution >= 0.6 is 0 Å². The number of aromatic hydroxyl groups is 1. The molecule has 31 heavy (non-hydrogen) atoms. The van der Waals surface area contributed by atoms with Gasteiger partial charge in [0.25, 0.3) is 0 Å². The lowest BCUT2D eigenvalue weighted by Crippen LogP contribution is -2.38. The minimum Gasteiger partial charge on any atom is -0.507 e. The van der Waals surface area contributed by atoms with Crippen LogP contribution in [-0.4, -0.2) is 44.4 Å². The zero-order valence-corrected chi connectivity index (χ0v) is 19.4. The van der Waals surface area contributed by atoms with E-state index in [0.717, 1.165) is 56.7 Å². The SMILES string of the molecule is COc1c(-c2ccc(OC)c3c(OC)cc(C)cc23)c(O)cc2c1C(C)N(C)C(C)C2. The van der Waals surface area contributed by atoms with Crippen LogP contribution in [0.15, 0.2) is 30.3 Å². The summed E-state index contributed by atoms with van der Waals surface area (Å²) in [7, 11) is 7.14. The minimum absolute atomic E-state index is 0.175. The maximum atomic E-state index is 11.2. The van der Waals surface area contributed by atoms with E-state index in [-0.39, 0.29) is 11.8 Å². The molecule has 0 spiro atoms. The molecule has 164 valence electrons. The number of phenols is 1. The van der Waals surface area contributed by atoms with Gasteiger partial charge in [-0.15, -0.1) is 0 Å². The second-order valence-corrected chi connectivity index (χ2v) is 8.48. The van der Waals surface area contributed by atoms with Crippen LogP contribution in [0, 0.1) is 6.92 Å². The standard InChI is InChI=1S/C26H31NO4/c1-14-10-19-18(8-9-21(29-5)25(19)22(11-14)30-6)24-20(28)13-17-12-15(2)27(4)16(3)23(17)26(24)31-7/h8-11,13,15-16,28H,12H2,1-7H3. The van der Waals surface area contributed by atoms with Crippen LogP contribution in [0.4, 0.5) is 0 Å². The second-order valence-electron chi connectivity index (χ2n) is 8.48. The van der Waals surface area contributed by atoms with E-state index in [1.165, 1.54) is 0 Å². The van der Waals surface area contributed by atoms with Gasteiger partial charge in [-0.05, 0) is 80.6 Å². The zero-order chi connectivity index (χ0) is 22.4. The molecule has 0 amide bonds. The Labute approximate surface area is 184 Å². The van der Waals surface area contributed by atoms with Crippen molar-refractivity contribution in [3.05, 3.63) is 47.0 Å². The number of benzene rings is 3. The molecule has 0 saturated carbocycles. The van der Waals surface area contributed by atoms with E-state index in [2.05, 4.69) is 31.9 Å². The van der Waals surface area contributed by atoms with Gasteiger partial charge in [0.05, 0.1) is 32.3 Å². The molecule has 2 unspecified atom stereocenters. The third kappa shape index (κ3) is 3.28. The highest BCUT2D eigenvalue weighted by Gasteiger charge is 2.32. The number of ether oxygens (including phenoxy) is 3. The van der Waals surface area contributed by atoms with Crippen LogP contribution in [0.5, 0.6) is 23.0 Å². The van der Waals surface area contributed by atoms with Gasteiger partial charge >= 0.3 is 0 Å². The van der Waals surface area contributed by atoms with Gasteiger partial charge in [0.2, 0.25) is 0 Å². The number of rotatable bonds is 4. The highest BCUT2D eigenvalue weighted by atomic mass is 16.5. The van der Waals surface area contributed by atoms with Crippen LogP contribution in [0.2, 0.25) is 0 Å². The van der Waals surface area contributed by atoms with Gasteiger partial charge in [-0.25, -0.2) is 0 Å². The molecule has 0 saturated heterocycles. The Balaban J connectivity index is 2.09. The van der Waals surface area contributed by atoms with Crippen LogP contribution < -0.4 is 14.2 Å². The number of methoxy groups -OCH3 is 3. The Hall–Kier alpha value is -2.92. The number of nitrogens with zero attached hydrogens (tertiary/aromatic N) is 1. The van der Waals surface area contributed by atoms with Crippen LogP contribution in [-0.2, 0) is 6.42 Å². The third-order valence-corrected chi connectivity index (χ3v) is 6.72. The Bertz CT molecular complexity index is 1150. The number of fused-ring (bicyclic) bond motifs is 2. The first-order valence-electron chi connectivity index (χ1n) is 10.6. The maximum Gasteiger partial charge on any atom is 0.135 e. The van der Waals surface area contributed by atoms with Gasteiger partial charge in [0.15, 0.2) is 0 Å². The monoisotopic (exact) mass is 421 g/mol. The van der Waals surface area contributed by atoms with Crippen molar-refractivity contribution >= 4 is 10.8 Å².